The highest BCUT2D eigenvalue weighted by molar-refractivity contribution is 7.18. The molecule has 2 fully saturated rings. The summed E-state index contributed by atoms with van der Waals surface area (Å²) in [6, 6.07) is 14.4. The van der Waals surface area contributed by atoms with Crippen molar-refractivity contribution in [3.05, 3.63) is 53.0 Å². The molecule has 0 spiro atoms. The van der Waals surface area contributed by atoms with E-state index in [0.29, 0.717) is 12.5 Å². The Hall–Kier alpha value is -2.64. The third kappa shape index (κ3) is 4.57. The minimum absolute atomic E-state index is 0.180. The highest BCUT2D eigenvalue weighted by Gasteiger charge is 2.32. The van der Waals surface area contributed by atoms with Crippen LogP contribution in [0.5, 0.6) is 11.5 Å². The van der Waals surface area contributed by atoms with Gasteiger partial charge in [0.25, 0.3) is 0 Å². The second kappa shape index (κ2) is 9.69. The molecule has 174 valence electrons. The SMILES string of the molecule is COc1ccc(OC)c(C2CCCN2CC(=O)N2CCC(c3nc4ccccc4s3)CC2)c1. The van der Waals surface area contributed by atoms with Crippen molar-refractivity contribution >= 4 is 27.5 Å². The molecule has 2 aliphatic heterocycles. The number of aromatic nitrogens is 1. The van der Waals surface area contributed by atoms with Gasteiger partial charge in [-0.3, -0.25) is 9.69 Å². The monoisotopic (exact) mass is 465 g/mol. The van der Waals surface area contributed by atoms with E-state index in [0.717, 1.165) is 67.9 Å². The van der Waals surface area contributed by atoms with Gasteiger partial charge in [0.05, 0.1) is 36.0 Å². The normalized spacial score (nSPS) is 19.8. The molecule has 1 aromatic heterocycles. The number of piperidine rings is 1. The summed E-state index contributed by atoms with van der Waals surface area (Å²) < 4.78 is 12.3. The predicted octanol–water partition coefficient (Wildman–Crippen LogP) is 4.86. The van der Waals surface area contributed by atoms with Crippen molar-refractivity contribution in [2.45, 2.75) is 37.6 Å². The second-order valence-electron chi connectivity index (χ2n) is 8.91. The number of amides is 1. The Kier molecular flexibility index (Phi) is 6.51. The van der Waals surface area contributed by atoms with Gasteiger partial charge in [0.15, 0.2) is 0 Å². The smallest absolute Gasteiger partial charge is 0.236 e. The number of nitrogens with zero attached hydrogens (tertiary/aromatic N) is 3. The summed E-state index contributed by atoms with van der Waals surface area (Å²) in [6.45, 7) is 3.00. The summed E-state index contributed by atoms with van der Waals surface area (Å²) in [6.07, 6.45) is 4.08. The van der Waals surface area contributed by atoms with Crippen LogP contribution in [0.4, 0.5) is 0 Å². The van der Waals surface area contributed by atoms with Crippen molar-refractivity contribution in [3.63, 3.8) is 0 Å². The Morgan fingerprint density at radius 2 is 1.88 bits per heavy atom. The number of carbonyl (C=O) groups is 1. The average molecular weight is 466 g/mol. The lowest BCUT2D eigenvalue weighted by Crippen LogP contribution is -2.43. The standard InChI is InChI=1S/C26H31N3O3S/c1-31-19-9-10-23(32-2)20(16-19)22-7-5-13-29(22)17-25(30)28-14-11-18(12-15-28)26-27-21-6-3-4-8-24(21)33-26/h3-4,6,8-10,16,18,22H,5,7,11-15,17H2,1-2H3. The van der Waals surface area contributed by atoms with Gasteiger partial charge in [-0.1, -0.05) is 12.1 Å². The fourth-order valence-electron chi connectivity index (χ4n) is 5.18. The highest BCUT2D eigenvalue weighted by atomic mass is 32.1. The van der Waals surface area contributed by atoms with Gasteiger partial charge in [-0.2, -0.15) is 0 Å². The summed E-state index contributed by atoms with van der Waals surface area (Å²) in [5.41, 5.74) is 2.20. The molecule has 3 heterocycles. The molecule has 0 N–H and O–H groups in total. The maximum absolute atomic E-state index is 13.2. The summed E-state index contributed by atoms with van der Waals surface area (Å²) in [5.74, 6) is 2.36. The largest absolute Gasteiger partial charge is 0.497 e. The lowest BCUT2D eigenvalue weighted by Gasteiger charge is -2.33. The number of rotatable bonds is 6. The minimum atomic E-state index is 0.180. The number of carbonyl (C=O) groups excluding carboxylic acids is 1. The van der Waals surface area contributed by atoms with Crippen LogP contribution in [-0.2, 0) is 4.79 Å². The number of fused-ring (bicyclic) bond motifs is 1. The lowest BCUT2D eigenvalue weighted by atomic mass is 9.97. The van der Waals surface area contributed by atoms with Crippen molar-refractivity contribution in [1.82, 2.24) is 14.8 Å². The number of ether oxygens (including phenoxy) is 2. The molecule has 1 atom stereocenters. The van der Waals surface area contributed by atoms with Crippen LogP contribution in [0.2, 0.25) is 0 Å². The van der Waals surface area contributed by atoms with E-state index in [4.69, 9.17) is 14.5 Å². The fraction of sp³-hybridized carbons (Fsp3) is 0.462. The number of para-hydroxylation sites is 1. The zero-order chi connectivity index (χ0) is 22.8. The van der Waals surface area contributed by atoms with Gasteiger partial charge >= 0.3 is 0 Å². The molecule has 0 saturated carbocycles. The third-order valence-electron chi connectivity index (χ3n) is 7.01. The Bertz CT molecular complexity index is 1090. The number of benzene rings is 2. The molecule has 3 aromatic rings. The molecular formula is C26H31N3O3S. The first-order chi connectivity index (χ1) is 16.2. The van der Waals surface area contributed by atoms with Crippen LogP contribution in [-0.4, -0.2) is 61.1 Å². The van der Waals surface area contributed by atoms with Crippen molar-refractivity contribution in [1.29, 1.82) is 0 Å². The van der Waals surface area contributed by atoms with Gasteiger partial charge in [-0.15, -0.1) is 11.3 Å². The number of hydrogen-bond donors (Lipinski definition) is 0. The maximum atomic E-state index is 13.2. The van der Waals surface area contributed by atoms with Gasteiger partial charge in [0.2, 0.25) is 5.91 Å². The third-order valence-corrected chi connectivity index (χ3v) is 8.20. The molecule has 6 nitrogen and oxygen atoms in total. The molecule has 33 heavy (non-hydrogen) atoms. The van der Waals surface area contributed by atoms with Crippen molar-refractivity contribution in [2.24, 2.45) is 0 Å². The molecule has 2 aromatic carbocycles. The van der Waals surface area contributed by atoms with E-state index in [1.807, 2.05) is 23.1 Å². The predicted molar refractivity (Wildman–Crippen MR) is 131 cm³/mol. The summed E-state index contributed by atoms with van der Waals surface area (Å²) >= 11 is 1.80. The highest BCUT2D eigenvalue weighted by Crippen LogP contribution is 2.39. The molecule has 1 unspecified atom stereocenters. The van der Waals surface area contributed by atoms with Crippen LogP contribution < -0.4 is 9.47 Å². The molecule has 5 rings (SSSR count). The molecule has 0 aliphatic carbocycles. The molecule has 1 amide bonds. The van der Waals surface area contributed by atoms with E-state index in [2.05, 4.69) is 29.2 Å². The quantitative estimate of drug-likeness (QED) is 0.521. The van der Waals surface area contributed by atoms with E-state index in [9.17, 15) is 4.79 Å². The summed E-state index contributed by atoms with van der Waals surface area (Å²) in [5, 5.41) is 1.22. The van der Waals surface area contributed by atoms with Gasteiger partial charge in [0.1, 0.15) is 11.5 Å². The average Bonchev–Trinajstić information content (AvgIpc) is 3.50. The number of methoxy groups -OCH3 is 2. The maximum Gasteiger partial charge on any atom is 0.236 e. The first-order valence-corrected chi connectivity index (χ1v) is 12.6. The fourth-order valence-corrected chi connectivity index (χ4v) is 6.32. The number of likely N-dealkylation sites (tertiary alicyclic amines) is 2. The molecule has 0 bridgehead atoms. The molecule has 0 radical (unpaired) electrons. The summed E-state index contributed by atoms with van der Waals surface area (Å²) in [4.78, 5) is 22.4. The summed E-state index contributed by atoms with van der Waals surface area (Å²) in [7, 11) is 3.38. The molecule has 2 saturated heterocycles. The van der Waals surface area contributed by atoms with Crippen molar-refractivity contribution < 1.29 is 14.3 Å². The van der Waals surface area contributed by atoms with Gasteiger partial charge < -0.3 is 14.4 Å². The molecular weight excluding hydrogens is 434 g/mol. The van der Waals surface area contributed by atoms with Crippen molar-refractivity contribution in [2.75, 3.05) is 40.4 Å². The van der Waals surface area contributed by atoms with E-state index < -0.39 is 0 Å². The van der Waals surface area contributed by atoms with E-state index >= 15 is 0 Å². The zero-order valence-electron chi connectivity index (χ0n) is 19.3. The van der Waals surface area contributed by atoms with Crippen LogP contribution in [0.1, 0.15) is 48.2 Å². The minimum Gasteiger partial charge on any atom is -0.497 e. The van der Waals surface area contributed by atoms with Crippen LogP contribution in [0.3, 0.4) is 0 Å². The number of hydrogen-bond acceptors (Lipinski definition) is 6. The second-order valence-corrected chi connectivity index (χ2v) is 9.97. The van der Waals surface area contributed by atoms with Gasteiger partial charge in [0, 0.05) is 30.6 Å². The van der Waals surface area contributed by atoms with E-state index in [1.54, 1.807) is 25.6 Å². The topological polar surface area (TPSA) is 54.9 Å². The van der Waals surface area contributed by atoms with Gasteiger partial charge in [-0.05, 0) is 62.6 Å². The van der Waals surface area contributed by atoms with E-state index in [1.165, 1.54) is 9.71 Å². The molecule has 2 aliphatic rings. The Morgan fingerprint density at radius 3 is 2.64 bits per heavy atom. The lowest BCUT2D eigenvalue weighted by molar-refractivity contribution is -0.133. The first-order valence-electron chi connectivity index (χ1n) is 11.8. The van der Waals surface area contributed by atoms with Crippen LogP contribution in [0, 0.1) is 0 Å². The van der Waals surface area contributed by atoms with Crippen molar-refractivity contribution in [3.8, 4) is 11.5 Å². The van der Waals surface area contributed by atoms with Crippen LogP contribution >= 0.6 is 11.3 Å². The van der Waals surface area contributed by atoms with Crippen LogP contribution in [0.25, 0.3) is 10.2 Å². The first kappa shape index (κ1) is 22.2. The number of thiazole rings is 1. The van der Waals surface area contributed by atoms with Gasteiger partial charge in [-0.25, -0.2) is 4.98 Å². The Balaban J connectivity index is 1.22. The van der Waals surface area contributed by atoms with Crippen LogP contribution in [0.15, 0.2) is 42.5 Å². The zero-order valence-corrected chi connectivity index (χ0v) is 20.1. The molecule has 7 heteroatoms. The van der Waals surface area contributed by atoms with E-state index in [-0.39, 0.29) is 11.9 Å². The Labute approximate surface area is 199 Å². The Morgan fingerprint density at radius 1 is 1.06 bits per heavy atom.